The molecule has 0 spiro atoms. The second kappa shape index (κ2) is 30.0. The molecule has 0 heterocycles. The van der Waals surface area contributed by atoms with Crippen LogP contribution < -0.4 is 0 Å². The summed E-state index contributed by atoms with van der Waals surface area (Å²) in [6.07, 6.45) is -14.5. The zero-order valence-corrected chi connectivity index (χ0v) is 36.3. The van der Waals surface area contributed by atoms with E-state index in [4.69, 9.17) is 20.4 Å². The minimum absolute atomic E-state index is 0. The fourth-order valence-electron chi connectivity index (χ4n) is 4.10. The van der Waals surface area contributed by atoms with Gasteiger partial charge in [0, 0.05) is 73.8 Å². The summed E-state index contributed by atoms with van der Waals surface area (Å²) in [5, 5.41) is 34.0. The van der Waals surface area contributed by atoms with Crippen LogP contribution in [0.5, 0.6) is 0 Å². The molecule has 0 aliphatic rings. The standard InChI is InChI=1S/4C9H13F3O2.Hf/c4*1-3-6(4-2)7(13)5-8(14)9(10,11)12;/h4*5-6,14H,3-4H2,1-2H3;/b4*8-5-;. The molecule has 57 heavy (non-hydrogen) atoms. The molecule has 0 aromatic heterocycles. The maximum Gasteiger partial charge on any atom is 0.448 e. The van der Waals surface area contributed by atoms with Gasteiger partial charge in [0.25, 0.3) is 0 Å². The van der Waals surface area contributed by atoms with E-state index in [-0.39, 0.29) is 50.1 Å². The van der Waals surface area contributed by atoms with Crippen LogP contribution >= 0.6 is 0 Å². The van der Waals surface area contributed by atoms with E-state index in [0.717, 1.165) is 0 Å². The fraction of sp³-hybridized carbons (Fsp3) is 0.667. The topological polar surface area (TPSA) is 149 Å². The van der Waals surface area contributed by atoms with Crippen LogP contribution in [0.2, 0.25) is 0 Å². The van der Waals surface area contributed by atoms with Gasteiger partial charge >= 0.3 is 24.7 Å². The van der Waals surface area contributed by atoms with Crippen LogP contribution in [0.4, 0.5) is 52.7 Å². The van der Waals surface area contributed by atoms with Gasteiger partial charge in [-0.1, -0.05) is 55.4 Å². The van der Waals surface area contributed by atoms with Gasteiger partial charge in [-0.2, -0.15) is 52.7 Å². The van der Waals surface area contributed by atoms with E-state index >= 15 is 0 Å². The zero-order chi connectivity index (χ0) is 45.4. The molecule has 0 amide bonds. The van der Waals surface area contributed by atoms with Gasteiger partial charge in [-0.3, -0.25) is 19.2 Å². The molecule has 0 fully saturated rings. The number of hydrogen-bond acceptors (Lipinski definition) is 8. The molecule has 0 aliphatic heterocycles. The Hall–Kier alpha value is -3.13. The van der Waals surface area contributed by atoms with Crippen LogP contribution in [0.3, 0.4) is 0 Å². The van der Waals surface area contributed by atoms with Gasteiger partial charge in [-0.15, -0.1) is 0 Å². The summed E-state index contributed by atoms with van der Waals surface area (Å²) in [6.45, 7) is 13.7. The summed E-state index contributed by atoms with van der Waals surface area (Å²) in [5.41, 5.74) is 0. The summed E-state index contributed by atoms with van der Waals surface area (Å²) >= 11 is 0. The molecule has 0 radical (unpaired) electrons. The molecule has 0 saturated heterocycles. The second-order valence-corrected chi connectivity index (χ2v) is 11.8. The van der Waals surface area contributed by atoms with Crippen molar-refractivity contribution >= 4 is 23.1 Å². The zero-order valence-electron chi connectivity index (χ0n) is 32.7. The van der Waals surface area contributed by atoms with Crippen LogP contribution in [0.15, 0.2) is 47.3 Å². The third-order valence-corrected chi connectivity index (χ3v) is 7.83. The average Bonchev–Trinajstić information content (AvgIpc) is 3.06. The first-order valence-corrected chi connectivity index (χ1v) is 17.4. The third-order valence-electron chi connectivity index (χ3n) is 7.83. The van der Waals surface area contributed by atoms with E-state index in [2.05, 4.69) is 0 Å². The second-order valence-electron chi connectivity index (χ2n) is 11.8. The Morgan fingerprint density at radius 2 is 0.456 bits per heavy atom. The number of halogens is 12. The Balaban J connectivity index is -0.000000210. The molecule has 0 bridgehead atoms. The molecule has 0 saturated carbocycles. The molecule has 21 heteroatoms. The number of aliphatic hydroxyl groups is 4. The minimum Gasteiger partial charge on any atom is -0.504 e. The molecule has 0 atom stereocenters. The van der Waals surface area contributed by atoms with Crippen molar-refractivity contribution in [2.45, 2.75) is 131 Å². The first-order valence-electron chi connectivity index (χ1n) is 17.4. The Labute approximate surface area is 342 Å². The van der Waals surface area contributed by atoms with Crippen LogP contribution in [0.1, 0.15) is 107 Å². The van der Waals surface area contributed by atoms with Crippen molar-refractivity contribution in [1.29, 1.82) is 0 Å². The number of alkyl halides is 12. The predicted octanol–water partition coefficient (Wildman–Crippen LogP) is 12.0. The summed E-state index contributed by atoms with van der Waals surface area (Å²) in [4.78, 5) is 44.5. The summed E-state index contributed by atoms with van der Waals surface area (Å²) < 4.78 is 142. The first kappa shape index (κ1) is 63.0. The molecule has 0 unspecified atom stereocenters. The largest absolute Gasteiger partial charge is 0.504 e. The number of ketones is 4. The van der Waals surface area contributed by atoms with Gasteiger partial charge in [-0.25, -0.2) is 0 Å². The summed E-state index contributed by atoms with van der Waals surface area (Å²) in [5.74, 6) is -11.8. The summed E-state index contributed by atoms with van der Waals surface area (Å²) in [6, 6.07) is 0. The third kappa shape index (κ3) is 28.8. The molecule has 0 rings (SSSR count). The van der Waals surface area contributed by atoms with Crippen LogP contribution in [0.25, 0.3) is 0 Å². The van der Waals surface area contributed by atoms with Crippen LogP contribution in [-0.4, -0.2) is 68.3 Å². The first-order chi connectivity index (χ1) is 25.3. The van der Waals surface area contributed by atoms with E-state index in [1.54, 1.807) is 55.4 Å². The smallest absolute Gasteiger partial charge is 0.448 e. The van der Waals surface area contributed by atoms with Crippen molar-refractivity contribution in [2.24, 2.45) is 23.7 Å². The molecule has 0 aliphatic carbocycles. The van der Waals surface area contributed by atoms with E-state index in [1.165, 1.54) is 0 Å². The Morgan fingerprint density at radius 1 is 0.351 bits per heavy atom. The van der Waals surface area contributed by atoms with Gasteiger partial charge in [0.05, 0.1) is 0 Å². The Kier molecular flexibility index (Phi) is 33.2. The Bertz CT molecular complexity index is 1110. The molecule has 0 aromatic carbocycles. The van der Waals surface area contributed by atoms with Gasteiger partial charge in [0.15, 0.2) is 23.1 Å². The Morgan fingerprint density at radius 3 is 0.526 bits per heavy atom. The SMILES string of the molecule is CCC(CC)C(=O)/C=C(\O)C(F)(F)F.CCC(CC)C(=O)/C=C(\O)C(F)(F)F.CCC(CC)C(=O)/C=C(\O)C(F)(F)F.CCC(CC)C(=O)/C=C(\O)C(F)(F)F.[Hf]. The minimum atomic E-state index is -4.83. The monoisotopic (exact) mass is 1020 g/mol. The van der Waals surface area contributed by atoms with Gasteiger partial charge in [0.1, 0.15) is 0 Å². The van der Waals surface area contributed by atoms with Crippen LogP contribution in [-0.2, 0) is 45.0 Å². The van der Waals surface area contributed by atoms with Crippen molar-refractivity contribution in [2.75, 3.05) is 0 Å². The number of allylic oxidation sites excluding steroid dienone is 8. The molecule has 4 N–H and O–H groups in total. The van der Waals surface area contributed by atoms with E-state index in [9.17, 15) is 71.9 Å². The normalized spacial score (nSPS) is 13.2. The molecule has 0 aromatic rings. The number of carbonyl (C=O) groups is 4. The van der Waals surface area contributed by atoms with Gasteiger partial charge < -0.3 is 20.4 Å². The van der Waals surface area contributed by atoms with Crippen LogP contribution in [0, 0.1) is 23.7 Å². The fourth-order valence-corrected chi connectivity index (χ4v) is 4.10. The van der Waals surface area contributed by atoms with E-state index < -0.39 is 94.5 Å². The van der Waals surface area contributed by atoms with Crippen molar-refractivity contribution < 1.29 is 118 Å². The van der Waals surface area contributed by atoms with Gasteiger partial charge in [-0.05, 0) is 51.4 Å². The molecule has 332 valence electrons. The van der Waals surface area contributed by atoms with Crippen molar-refractivity contribution in [3.63, 3.8) is 0 Å². The number of hydrogen-bond donors (Lipinski definition) is 4. The molecule has 8 nitrogen and oxygen atoms in total. The van der Waals surface area contributed by atoms with Gasteiger partial charge in [0.2, 0.25) is 23.0 Å². The molecular formula is C36H52F12HfO8. The average molecular weight is 1020 g/mol. The maximum atomic E-state index is 11.8. The molecular weight excluding hydrogens is 967 g/mol. The van der Waals surface area contributed by atoms with E-state index in [1.807, 2.05) is 0 Å². The van der Waals surface area contributed by atoms with Crippen molar-refractivity contribution in [3.05, 3.63) is 47.3 Å². The number of carbonyl (C=O) groups excluding carboxylic acids is 4. The number of rotatable bonds is 16. The quantitative estimate of drug-likeness (QED) is 0.0517. The predicted molar refractivity (Wildman–Crippen MR) is 183 cm³/mol. The summed E-state index contributed by atoms with van der Waals surface area (Å²) in [7, 11) is 0. The van der Waals surface area contributed by atoms with Crippen molar-refractivity contribution in [3.8, 4) is 0 Å². The van der Waals surface area contributed by atoms with Crippen molar-refractivity contribution in [1.82, 2.24) is 0 Å². The number of aliphatic hydroxyl groups excluding tert-OH is 4. The maximum absolute atomic E-state index is 11.8. The van der Waals surface area contributed by atoms with E-state index in [0.29, 0.717) is 51.4 Å².